The van der Waals surface area contributed by atoms with E-state index < -0.39 is 144 Å². The molecule has 1 saturated heterocycles. The Morgan fingerprint density at radius 2 is 1.06 bits per heavy atom. The van der Waals surface area contributed by atoms with E-state index in [2.05, 4.69) is 78.8 Å². The number of anilines is 1. The molecule has 612 valence electrons. The summed E-state index contributed by atoms with van der Waals surface area (Å²) in [5, 5.41) is 46.5. The number of hydrogen-bond donors (Lipinski definition) is 15. The highest BCUT2D eigenvalue weighted by Crippen LogP contribution is 2.23. The van der Waals surface area contributed by atoms with Gasteiger partial charge >= 0.3 is 0 Å². The molecule has 0 bridgehead atoms. The third-order valence-corrected chi connectivity index (χ3v) is 19.2. The van der Waals surface area contributed by atoms with Crippen molar-refractivity contribution in [2.75, 3.05) is 38.5 Å². The summed E-state index contributed by atoms with van der Waals surface area (Å²) in [7, 11) is 0. The Kier molecular flexibility index (Phi) is 36.1. The number of rotatable bonds is 45. The number of nitrogens with two attached hydrogens (primary N) is 2. The molecule has 17 N–H and O–H groups in total. The van der Waals surface area contributed by atoms with Gasteiger partial charge in [-0.15, -0.1) is 0 Å². The van der Waals surface area contributed by atoms with E-state index in [0.29, 0.717) is 47.5 Å². The minimum Gasteiger partial charge on any atom is -0.394 e. The predicted molar refractivity (Wildman–Crippen MR) is 428 cm³/mol. The summed E-state index contributed by atoms with van der Waals surface area (Å²) in [6.45, 7) is 9.92. The molecule has 0 spiro atoms. The lowest BCUT2D eigenvalue weighted by atomic mass is 9.99. The van der Waals surface area contributed by atoms with Crippen LogP contribution in [0, 0.1) is 5.92 Å². The Morgan fingerprint density at radius 1 is 0.518 bits per heavy atom. The summed E-state index contributed by atoms with van der Waals surface area (Å²) in [6.07, 6.45) is 7.09. The SMILES string of the molecule is CC(=O)NC(Cc1ccc2ccccc2c1)C(=O)NC(Cc1ccc(Cl)cc1)C(=O)NC(Cc1cccnc1)C(=O)NC(CO)C(=O)NC(CCCCNC(=O)c1ccccn1)C(=O)NC(CCCNC(=O)c1ccc(N)nc1)C(=O)NC(CC(C)C)C(=O)NC(CCCCNC(C)C)C(=O)N1CCC[C@H]1C(=O)N[C@H](C)C(N)=O. The van der Waals surface area contributed by atoms with E-state index in [0.717, 1.165) is 10.8 Å². The molecule has 3 aromatic heterocycles. The van der Waals surface area contributed by atoms with E-state index in [1.807, 2.05) is 56.3 Å². The van der Waals surface area contributed by atoms with E-state index in [1.165, 1.54) is 61.7 Å². The standard InChI is InChI=1S/C81H107ClN18O14/c1-48(2)40-63(75(108)95-62(23-11-12-35-86-49(3)4)81(114)100-39-17-25-68(100)80(113)91-50(5)70(84)103)96-74(107)61(24-16-38-88-71(104)57-30-33-69(83)90-46-57)93-73(106)60(22-10-14-37-89-72(105)59-21-9-13-36-87-59)94-79(112)67(47-101)99-78(111)66(44-54-18-15-34-85-45-54)98-77(110)65(42-52-27-31-58(82)32-28-52)97-76(109)64(92-51(6)102)43-53-26-29-55-19-7-8-20-56(55)41-53/h7-9,13,15,18-21,26-34,36,41,45-46,48-50,60-68,86,101H,10-12,14,16-17,22-25,35,37-40,42-44,47H2,1-6H3,(H2,83,90)(H2,84,103)(H,88,104)(H,89,105)(H,91,113)(H,92,102)(H,93,106)(H,94,112)(H,95,108)(H,96,107)(H,97,109)(H,98,110)(H,99,111)/t50-,60?,61?,62?,63?,64?,65?,66?,67?,68+/m1/s1. The number of nitrogen functional groups attached to an aromatic ring is 1. The molecule has 4 heterocycles. The zero-order valence-corrected chi connectivity index (χ0v) is 65.9. The lowest BCUT2D eigenvalue weighted by Gasteiger charge is -2.31. The number of unbranched alkanes of at least 4 members (excludes halogenated alkanes) is 2. The third kappa shape index (κ3) is 29.5. The van der Waals surface area contributed by atoms with Crippen molar-refractivity contribution >= 4 is 105 Å². The molecule has 114 heavy (non-hydrogen) atoms. The molecule has 10 atom stereocenters. The fourth-order valence-corrected chi connectivity index (χ4v) is 13.0. The first-order chi connectivity index (χ1) is 54.5. The Bertz CT molecular complexity index is 4240. The van der Waals surface area contributed by atoms with Crippen molar-refractivity contribution < 1.29 is 67.4 Å². The average Bonchev–Trinajstić information content (AvgIpc) is 1.63. The highest BCUT2D eigenvalue weighted by Gasteiger charge is 2.40. The van der Waals surface area contributed by atoms with E-state index in [9.17, 15) is 57.8 Å². The molecular formula is C81H107ClN18O14. The van der Waals surface area contributed by atoms with Crippen LogP contribution in [0.5, 0.6) is 0 Å². The highest BCUT2D eigenvalue weighted by atomic mass is 35.5. The normalized spacial score (nSPS) is 14.9. The number of benzene rings is 3. The average molecular weight is 1590 g/mol. The first kappa shape index (κ1) is 89.7. The van der Waals surface area contributed by atoms with Crippen LogP contribution in [-0.4, -0.2) is 201 Å². The molecule has 8 unspecified atom stereocenters. The molecule has 6 aromatic rings. The number of aliphatic hydroxyl groups excluding tert-OH is 1. The van der Waals surface area contributed by atoms with Gasteiger partial charge in [0.25, 0.3) is 11.8 Å². The van der Waals surface area contributed by atoms with Crippen LogP contribution in [0.2, 0.25) is 5.02 Å². The molecule has 0 radical (unpaired) electrons. The van der Waals surface area contributed by atoms with Gasteiger partial charge in [0, 0.05) is 81.7 Å². The maximum absolute atomic E-state index is 15.2. The van der Waals surface area contributed by atoms with Gasteiger partial charge in [-0.2, -0.15) is 0 Å². The topological polar surface area (TPSA) is 480 Å². The summed E-state index contributed by atoms with van der Waals surface area (Å²) in [5.74, 6) is -9.96. The number of hydrogen-bond acceptors (Lipinski definition) is 19. The lowest BCUT2D eigenvalue weighted by Crippen LogP contribution is -2.61. The molecule has 1 fully saturated rings. The largest absolute Gasteiger partial charge is 0.394 e. The Balaban J connectivity index is 1.16. The van der Waals surface area contributed by atoms with Gasteiger partial charge in [-0.1, -0.05) is 106 Å². The fraction of sp³-hybridized carbons (Fsp3) is 0.457. The Labute approximate surface area is 667 Å². The highest BCUT2D eigenvalue weighted by molar-refractivity contribution is 6.30. The molecule has 0 saturated carbocycles. The number of amides is 13. The number of pyridine rings is 3. The maximum Gasteiger partial charge on any atom is 0.269 e. The van der Waals surface area contributed by atoms with E-state index >= 15 is 9.59 Å². The number of nitrogens with one attached hydrogen (secondary N) is 12. The molecule has 1 aliphatic rings. The van der Waals surface area contributed by atoms with Gasteiger partial charge in [0.05, 0.1) is 12.2 Å². The van der Waals surface area contributed by atoms with Crippen molar-refractivity contribution in [1.29, 1.82) is 0 Å². The van der Waals surface area contributed by atoms with Crippen molar-refractivity contribution in [3.8, 4) is 0 Å². The van der Waals surface area contributed by atoms with E-state index in [-0.39, 0.29) is 119 Å². The number of fused-ring (bicyclic) bond motifs is 1. The Morgan fingerprint density at radius 3 is 1.67 bits per heavy atom. The molecule has 7 rings (SSSR count). The molecule has 0 aliphatic carbocycles. The van der Waals surface area contributed by atoms with E-state index in [1.54, 1.807) is 62.4 Å². The second-order valence-electron chi connectivity index (χ2n) is 29.0. The zero-order valence-electron chi connectivity index (χ0n) is 65.1. The molecule has 33 heteroatoms. The minimum absolute atomic E-state index is 0.00766. The Hall–Kier alpha value is -11.5. The van der Waals surface area contributed by atoms with Crippen molar-refractivity contribution in [2.45, 2.75) is 198 Å². The number of carbonyl (C=O) groups excluding carboxylic acids is 13. The third-order valence-electron chi connectivity index (χ3n) is 19.0. The van der Waals surface area contributed by atoms with Crippen LogP contribution in [0.1, 0.15) is 150 Å². The smallest absolute Gasteiger partial charge is 0.269 e. The zero-order chi connectivity index (χ0) is 82.8. The molecule has 13 amide bonds. The quantitative estimate of drug-likeness (QED) is 0.0244. The van der Waals surface area contributed by atoms with Crippen molar-refractivity contribution in [1.82, 2.24) is 83.7 Å². The molecule has 32 nitrogen and oxygen atoms in total. The van der Waals surface area contributed by atoms with Crippen molar-refractivity contribution in [3.63, 3.8) is 0 Å². The second kappa shape index (κ2) is 45.9. The monoisotopic (exact) mass is 1590 g/mol. The number of carbonyl (C=O) groups is 13. The van der Waals surface area contributed by atoms with Crippen molar-refractivity contribution in [2.24, 2.45) is 11.7 Å². The van der Waals surface area contributed by atoms with Crippen LogP contribution in [-0.2, 0) is 72.0 Å². The van der Waals surface area contributed by atoms with Crippen molar-refractivity contribution in [3.05, 3.63) is 167 Å². The van der Waals surface area contributed by atoms with Gasteiger partial charge in [0.1, 0.15) is 71.9 Å². The summed E-state index contributed by atoms with van der Waals surface area (Å²) >= 11 is 6.26. The fourth-order valence-electron chi connectivity index (χ4n) is 12.8. The van der Waals surface area contributed by atoms with E-state index in [4.69, 9.17) is 23.1 Å². The van der Waals surface area contributed by atoms with Crippen LogP contribution < -0.4 is 75.3 Å². The van der Waals surface area contributed by atoms with Crippen LogP contribution in [0.25, 0.3) is 10.8 Å². The number of likely N-dealkylation sites (tertiary alicyclic amines) is 1. The number of aliphatic hydroxyl groups is 1. The first-order valence-electron chi connectivity index (χ1n) is 38.5. The maximum atomic E-state index is 15.2. The summed E-state index contributed by atoms with van der Waals surface area (Å²) in [6, 6.07) is 17.0. The number of nitrogens with zero attached hydrogens (tertiary/aromatic N) is 4. The number of halogens is 1. The number of aromatic nitrogens is 3. The van der Waals surface area contributed by atoms with Gasteiger partial charge in [0.15, 0.2) is 0 Å². The van der Waals surface area contributed by atoms with Gasteiger partial charge in [-0.25, -0.2) is 4.98 Å². The summed E-state index contributed by atoms with van der Waals surface area (Å²) < 4.78 is 0. The van der Waals surface area contributed by atoms with Crippen LogP contribution >= 0.6 is 11.6 Å². The second-order valence-corrected chi connectivity index (χ2v) is 29.5. The van der Waals surface area contributed by atoms with Gasteiger partial charge in [0.2, 0.25) is 65.0 Å². The first-order valence-corrected chi connectivity index (χ1v) is 38.9. The predicted octanol–water partition coefficient (Wildman–Crippen LogP) is 2.18. The summed E-state index contributed by atoms with van der Waals surface area (Å²) in [4.78, 5) is 197. The van der Waals surface area contributed by atoms with Crippen LogP contribution in [0.3, 0.4) is 0 Å². The van der Waals surface area contributed by atoms with Crippen LogP contribution in [0.15, 0.2) is 134 Å². The molecular weight excluding hydrogens is 1480 g/mol. The molecule has 1 aliphatic heterocycles. The van der Waals surface area contributed by atoms with Gasteiger partial charge < -0.3 is 85.3 Å². The number of primary amides is 1. The molecule has 3 aromatic carbocycles. The minimum atomic E-state index is -1.85. The van der Waals surface area contributed by atoms with Crippen LogP contribution in [0.4, 0.5) is 5.82 Å². The lowest BCUT2D eigenvalue weighted by molar-refractivity contribution is -0.142. The summed E-state index contributed by atoms with van der Waals surface area (Å²) in [5.41, 5.74) is 13.2. The van der Waals surface area contributed by atoms with Gasteiger partial charge in [-0.05, 0) is 160 Å². The van der Waals surface area contributed by atoms with Gasteiger partial charge in [-0.3, -0.25) is 72.3 Å².